The largest absolute Gasteiger partial charge is 0.339 e. The average molecular weight is 497 g/mol. The third kappa shape index (κ3) is 5.46. The fourth-order valence-corrected chi connectivity index (χ4v) is 5.87. The predicted octanol–water partition coefficient (Wildman–Crippen LogP) is 3.81. The third-order valence-corrected chi connectivity index (χ3v) is 8.32. The highest BCUT2D eigenvalue weighted by molar-refractivity contribution is 7.89. The summed E-state index contributed by atoms with van der Waals surface area (Å²) in [5.74, 6) is 0.534. The molecule has 4 rings (SSSR count). The molecule has 2 aromatic carbocycles. The molecule has 0 saturated carbocycles. The molecule has 0 radical (unpaired) electrons. The Kier molecular flexibility index (Phi) is 6.83. The summed E-state index contributed by atoms with van der Waals surface area (Å²) < 4.78 is 33.4. The maximum atomic E-state index is 13.3. The number of hydrogen-bond donors (Lipinski definition) is 0. The lowest BCUT2D eigenvalue weighted by atomic mass is 9.87. The van der Waals surface area contributed by atoms with Crippen LogP contribution in [0.2, 0.25) is 0 Å². The minimum Gasteiger partial charge on any atom is -0.339 e. The molecule has 2 heterocycles. The minimum atomic E-state index is -3.66. The van der Waals surface area contributed by atoms with Crippen molar-refractivity contribution in [3.8, 4) is 11.5 Å². The van der Waals surface area contributed by atoms with Gasteiger partial charge in [0.2, 0.25) is 15.9 Å². The highest BCUT2D eigenvalue weighted by Crippen LogP contribution is 2.26. The van der Waals surface area contributed by atoms with Gasteiger partial charge in [-0.2, -0.15) is 9.29 Å². The van der Waals surface area contributed by atoms with Crippen LogP contribution >= 0.6 is 0 Å². The molecule has 1 amide bonds. The Labute approximate surface area is 207 Å². The van der Waals surface area contributed by atoms with Crippen molar-refractivity contribution in [1.29, 1.82) is 0 Å². The Hall–Kier alpha value is -3.04. The van der Waals surface area contributed by atoms with Crippen molar-refractivity contribution in [2.75, 3.05) is 19.6 Å². The molecule has 0 aliphatic carbocycles. The van der Waals surface area contributed by atoms with E-state index in [1.165, 1.54) is 4.31 Å². The predicted molar refractivity (Wildman–Crippen MR) is 133 cm³/mol. The van der Waals surface area contributed by atoms with Crippen molar-refractivity contribution < 1.29 is 17.7 Å². The highest BCUT2D eigenvalue weighted by atomic mass is 32.2. The van der Waals surface area contributed by atoms with Crippen LogP contribution in [0.1, 0.15) is 44.6 Å². The van der Waals surface area contributed by atoms with E-state index in [-0.39, 0.29) is 35.2 Å². The Morgan fingerprint density at radius 2 is 1.83 bits per heavy atom. The van der Waals surface area contributed by atoms with Gasteiger partial charge < -0.3 is 9.42 Å². The maximum absolute atomic E-state index is 13.3. The molecule has 1 aliphatic heterocycles. The SMILES string of the molecule is Cc1cccc(-c2nc(CC(=O)N3CCN(S(=O)(=O)c4ccc(C(C)(C)C)cc4)[C@H](C)C3)no2)c1. The second-order valence-electron chi connectivity index (χ2n) is 10.1. The van der Waals surface area contributed by atoms with E-state index in [9.17, 15) is 13.2 Å². The van der Waals surface area contributed by atoms with Crippen LogP contribution in [0.25, 0.3) is 11.5 Å². The van der Waals surface area contributed by atoms with Gasteiger partial charge in [0.1, 0.15) is 0 Å². The van der Waals surface area contributed by atoms with Crippen LogP contribution in [0.4, 0.5) is 0 Å². The zero-order valence-electron chi connectivity index (χ0n) is 20.9. The first-order valence-corrected chi connectivity index (χ1v) is 13.2. The lowest BCUT2D eigenvalue weighted by Crippen LogP contribution is -2.55. The molecule has 8 nitrogen and oxygen atoms in total. The molecule has 1 saturated heterocycles. The summed E-state index contributed by atoms with van der Waals surface area (Å²) >= 11 is 0. The van der Waals surface area contributed by atoms with Gasteiger partial charge in [0.05, 0.1) is 11.3 Å². The van der Waals surface area contributed by atoms with Crippen LogP contribution in [-0.4, -0.2) is 59.3 Å². The number of carbonyl (C=O) groups is 1. The van der Waals surface area contributed by atoms with E-state index in [0.717, 1.165) is 16.7 Å². The number of hydrogen-bond acceptors (Lipinski definition) is 6. The smallest absolute Gasteiger partial charge is 0.257 e. The first kappa shape index (κ1) is 25.1. The Balaban J connectivity index is 1.40. The van der Waals surface area contributed by atoms with Gasteiger partial charge in [-0.25, -0.2) is 8.42 Å². The number of aromatic nitrogens is 2. The molecular formula is C26H32N4O4S. The molecule has 3 aromatic rings. The standard InChI is InChI=1S/C26H32N4O4S/c1-18-7-6-8-20(15-18)25-27-23(28-34-25)16-24(31)29-13-14-30(19(2)17-29)35(32,33)22-11-9-21(10-12-22)26(3,4)5/h6-12,15,19H,13-14,16-17H2,1-5H3/t19-/m1/s1. The monoisotopic (exact) mass is 496 g/mol. The number of benzene rings is 2. The van der Waals surface area contributed by atoms with Gasteiger partial charge in [-0.1, -0.05) is 55.8 Å². The summed E-state index contributed by atoms with van der Waals surface area (Å²) in [5.41, 5.74) is 2.90. The molecule has 0 N–H and O–H groups in total. The topological polar surface area (TPSA) is 96.6 Å². The third-order valence-electron chi connectivity index (χ3n) is 6.29. The van der Waals surface area contributed by atoms with Gasteiger partial charge in [0.15, 0.2) is 5.82 Å². The highest BCUT2D eigenvalue weighted by Gasteiger charge is 2.35. The lowest BCUT2D eigenvalue weighted by molar-refractivity contribution is -0.132. The zero-order valence-corrected chi connectivity index (χ0v) is 21.7. The van der Waals surface area contributed by atoms with Gasteiger partial charge in [-0.15, -0.1) is 0 Å². The van der Waals surface area contributed by atoms with Crippen LogP contribution in [0, 0.1) is 6.92 Å². The van der Waals surface area contributed by atoms with Crippen LogP contribution in [0.15, 0.2) is 57.9 Å². The Bertz CT molecular complexity index is 1310. The second-order valence-corrected chi connectivity index (χ2v) is 12.0. The molecule has 1 aliphatic rings. The first-order valence-electron chi connectivity index (χ1n) is 11.7. The van der Waals surface area contributed by atoms with Crippen molar-refractivity contribution in [2.45, 2.75) is 57.4 Å². The molecule has 186 valence electrons. The quantitative estimate of drug-likeness (QED) is 0.533. The molecule has 35 heavy (non-hydrogen) atoms. The van der Waals surface area contributed by atoms with E-state index < -0.39 is 10.0 Å². The molecule has 9 heteroatoms. The molecule has 0 unspecified atom stereocenters. The van der Waals surface area contributed by atoms with Crippen LogP contribution in [0.3, 0.4) is 0 Å². The second kappa shape index (κ2) is 9.54. The number of nitrogens with zero attached hydrogens (tertiary/aromatic N) is 4. The van der Waals surface area contributed by atoms with E-state index in [1.807, 2.05) is 50.2 Å². The van der Waals surface area contributed by atoms with Crippen molar-refractivity contribution >= 4 is 15.9 Å². The zero-order chi connectivity index (χ0) is 25.4. The van der Waals surface area contributed by atoms with Gasteiger partial charge in [0, 0.05) is 31.2 Å². The van der Waals surface area contributed by atoms with Crippen LogP contribution < -0.4 is 0 Å². The van der Waals surface area contributed by atoms with Crippen molar-refractivity contribution in [3.05, 3.63) is 65.5 Å². The number of aryl methyl sites for hydroxylation is 1. The van der Waals surface area contributed by atoms with Gasteiger partial charge in [0.25, 0.3) is 5.89 Å². The summed E-state index contributed by atoms with van der Waals surface area (Å²) in [5, 5.41) is 3.95. The van der Waals surface area contributed by atoms with E-state index in [4.69, 9.17) is 4.52 Å². The van der Waals surface area contributed by atoms with Crippen LogP contribution in [-0.2, 0) is 26.7 Å². The first-order chi connectivity index (χ1) is 16.4. The minimum absolute atomic E-state index is 0.00303. The van der Waals surface area contributed by atoms with Crippen LogP contribution in [0.5, 0.6) is 0 Å². The summed E-state index contributed by atoms with van der Waals surface area (Å²) in [7, 11) is -3.66. The maximum Gasteiger partial charge on any atom is 0.257 e. The normalized spacial score (nSPS) is 17.5. The molecule has 1 atom stereocenters. The van der Waals surface area contributed by atoms with Crippen molar-refractivity contribution in [3.63, 3.8) is 0 Å². The van der Waals surface area contributed by atoms with Crippen molar-refractivity contribution in [2.24, 2.45) is 0 Å². The molecular weight excluding hydrogens is 464 g/mol. The van der Waals surface area contributed by atoms with Crippen molar-refractivity contribution in [1.82, 2.24) is 19.3 Å². The van der Waals surface area contributed by atoms with Gasteiger partial charge in [-0.3, -0.25) is 4.79 Å². The number of amides is 1. The number of piperazine rings is 1. The number of carbonyl (C=O) groups excluding carboxylic acids is 1. The Morgan fingerprint density at radius 1 is 1.11 bits per heavy atom. The molecule has 0 spiro atoms. The average Bonchev–Trinajstić information content (AvgIpc) is 3.27. The lowest BCUT2D eigenvalue weighted by Gasteiger charge is -2.38. The fraction of sp³-hybridized carbons (Fsp3) is 0.423. The van der Waals surface area contributed by atoms with E-state index in [0.29, 0.717) is 24.8 Å². The Morgan fingerprint density at radius 3 is 2.46 bits per heavy atom. The fourth-order valence-electron chi connectivity index (χ4n) is 4.26. The summed E-state index contributed by atoms with van der Waals surface area (Å²) in [6.07, 6.45) is 0.00303. The van der Waals surface area contributed by atoms with E-state index in [1.54, 1.807) is 17.0 Å². The summed E-state index contributed by atoms with van der Waals surface area (Å²) in [4.78, 5) is 19.2. The molecule has 1 fully saturated rings. The summed E-state index contributed by atoms with van der Waals surface area (Å²) in [6.45, 7) is 10.9. The summed E-state index contributed by atoms with van der Waals surface area (Å²) in [6, 6.07) is 14.4. The number of sulfonamides is 1. The van der Waals surface area contributed by atoms with E-state index in [2.05, 4.69) is 30.9 Å². The number of rotatable bonds is 5. The van der Waals surface area contributed by atoms with Gasteiger partial charge >= 0.3 is 0 Å². The van der Waals surface area contributed by atoms with E-state index >= 15 is 0 Å². The molecule has 0 bridgehead atoms. The van der Waals surface area contributed by atoms with Gasteiger partial charge in [-0.05, 0) is 49.1 Å². The molecule has 1 aromatic heterocycles.